The zero-order chi connectivity index (χ0) is 11.7. The second-order valence-corrected chi connectivity index (χ2v) is 4.49. The van der Waals surface area contributed by atoms with Gasteiger partial charge in [-0.2, -0.15) is 0 Å². The van der Waals surface area contributed by atoms with Crippen LogP contribution in [0.5, 0.6) is 0 Å². The van der Waals surface area contributed by atoms with Crippen molar-refractivity contribution < 1.29 is 13.6 Å². The molecule has 0 bridgehead atoms. The molecular weight excluding hydrogens is 230 g/mol. The Kier molecular flexibility index (Phi) is 2.83. The Bertz CT molecular complexity index is 546. The minimum absolute atomic E-state index is 0.331. The van der Waals surface area contributed by atoms with Crippen LogP contribution in [0.2, 0.25) is 0 Å². The van der Waals surface area contributed by atoms with Crippen molar-refractivity contribution in [3.63, 3.8) is 0 Å². The SMILES string of the molecule is Cc1cc(C=O)sc1-c1ccc(F)cc1F. The van der Waals surface area contributed by atoms with E-state index in [0.29, 0.717) is 15.3 Å². The summed E-state index contributed by atoms with van der Waals surface area (Å²) in [7, 11) is 0. The standard InChI is InChI=1S/C12H8F2OS/c1-7-4-9(6-15)16-12(7)10-3-2-8(13)5-11(10)14/h2-6H,1H3. The van der Waals surface area contributed by atoms with Crippen molar-refractivity contribution in [1.29, 1.82) is 0 Å². The Morgan fingerprint density at radius 1 is 1.25 bits per heavy atom. The van der Waals surface area contributed by atoms with Crippen LogP contribution in [0.4, 0.5) is 8.78 Å². The Balaban J connectivity index is 2.57. The first kappa shape index (κ1) is 11.0. The van der Waals surface area contributed by atoms with Crippen LogP contribution in [-0.2, 0) is 0 Å². The Morgan fingerprint density at radius 2 is 2.00 bits per heavy atom. The highest BCUT2D eigenvalue weighted by atomic mass is 32.1. The zero-order valence-electron chi connectivity index (χ0n) is 8.46. The lowest BCUT2D eigenvalue weighted by atomic mass is 10.1. The van der Waals surface area contributed by atoms with E-state index in [1.54, 1.807) is 13.0 Å². The van der Waals surface area contributed by atoms with E-state index in [1.165, 1.54) is 23.5 Å². The van der Waals surface area contributed by atoms with Crippen molar-refractivity contribution in [3.8, 4) is 10.4 Å². The topological polar surface area (TPSA) is 17.1 Å². The van der Waals surface area contributed by atoms with Crippen molar-refractivity contribution in [1.82, 2.24) is 0 Å². The number of hydrogen-bond acceptors (Lipinski definition) is 2. The lowest BCUT2D eigenvalue weighted by Crippen LogP contribution is -1.85. The maximum absolute atomic E-state index is 13.5. The first-order valence-electron chi connectivity index (χ1n) is 4.63. The van der Waals surface area contributed by atoms with Gasteiger partial charge in [0.25, 0.3) is 0 Å². The van der Waals surface area contributed by atoms with Crippen LogP contribution in [-0.4, -0.2) is 6.29 Å². The molecule has 1 aromatic carbocycles. The molecule has 0 fully saturated rings. The molecule has 0 saturated heterocycles. The Hall–Kier alpha value is -1.55. The Morgan fingerprint density at radius 3 is 2.56 bits per heavy atom. The lowest BCUT2D eigenvalue weighted by Gasteiger charge is -2.01. The molecule has 2 aromatic rings. The number of hydrogen-bond donors (Lipinski definition) is 0. The molecule has 0 radical (unpaired) electrons. The summed E-state index contributed by atoms with van der Waals surface area (Å²) in [5, 5.41) is 0. The molecule has 0 aliphatic carbocycles. The molecule has 0 aliphatic rings. The first-order chi connectivity index (χ1) is 7.61. The van der Waals surface area contributed by atoms with Gasteiger partial charge in [-0.1, -0.05) is 0 Å². The van der Waals surface area contributed by atoms with Gasteiger partial charge in [-0.3, -0.25) is 4.79 Å². The average molecular weight is 238 g/mol. The van der Waals surface area contributed by atoms with Gasteiger partial charge < -0.3 is 0 Å². The summed E-state index contributed by atoms with van der Waals surface area (Å²) in [4.78, 5) is 11.8. The maximum atomic E-state index is 13.5. The van der Waals surface area contributed by atoms with Gasteiger partial charge in [-0.15, -0.1) is 11.3 Å². The van der Waals surface area contributed by atoms with Gasteiger partial charge in [-0.25, -0.2) is 8.78 Å². The van der Waals surface area contributed by atoms with E-state index in [2.05, 4.69) is 0 Å². The second kappa shape index (κ2) is 4.14. The molecule has 2 rings (SSSR count). The Labute approximate surface area is 95.4 Å². The quantitative estimate of drug-likeness (QED) is 0.727. The van der Waals surface area contributed by atoms with Crippen molar-refractivity contribution in [2.75, 3.05) is 0 Å². The minimum Gasteiger partial charge on any atom is -0.297 e. The minimum atomic E-state index is -0.609. The summed E-state index contributed by atoms with van der Waals surface area (Å²) in [6, 6.07) is 5.13. The molecule has 1 heterocycles. The maximum Gasteiger partial charge on any atom is 0.160 e. The second-order valence-electron chi connectivity index (χ2n) is 3.40. The highest BCUT2D eigenvalue weighted by Crippen LogP contribution is 2.33. The number of benzene rings is 1. The van der Waals surface area contributed by atoms with Gasteiger partial charge in [0.15, 0.2) is 6.29 Å². The monoisotopic (exact) mass is 238 g/mol. The van der Waals surface area contributed by atoms with Gasteiger partial charge in [-0.05, 0) is 30.7 Å². The predicted molar refractivity (Wildman–Crippen MR) is 59.8 cm³/mol. The third kappa shape index (κ3) is 1.88. The van der Waals surface area contributed by atoms with Crippen molar-refractivity contribution >= 4 is 17.6 Å². The summed E-state index contributed by atoms with van der Waals surface area (Å²) in [6.07, 6.45) is 0.725. The summed E-state index contributed by atoms with van der Waals surface area (Å²) in [5.41, 5.74) is 1.15. The van der Waals surface area contributed by atoms with Crippen LogP contribution >= 0.6 is 11.3 Å². The highest BCUT2D eigenvalue weighted by molar-refractivity contribution is 7.17. The van der Waals surface area contributed by atoms with Gasteiger partial charge >= 0.3 is 0 Å². The van der Waals surface area contributed by atoms with Crippen LogP contribution in [0.3, 0.4) is 0 Å². The summed E-state index contributed by atoms with van der Waals surface area (Å²) in [5.74, 6) is -1.21. The smallest absolute Gasteiger partial charge is 0.160 e. The van der Waals surface area contributed by atoms with E-state index in [0.717, 1.165) is 17.9 Å². The summed E-state index contributed by atoms with van der Waals surface area (Å²) >= 11 is 1.20. The number of carbonyl (C=O) groups excluding carboxylic acids is 1. The van der Waals surface area contributed by atoms with Crippen molar-refractivity contribution in [3.05, 3.63) is 46.3 Å². The molecule has 0 unspecified atom stereocenters. The normalized spacial score (nSPS) is 10.4. The van der Waals surface area contributed by atoms with Crippen molar-refractivity contribution in [2.45, 2.75) is 6.92 Å². The van der Waals surface area contributed by atoms with Crippen molar-refractivity contribution in [2.24, 2.45) is 0 Å². The fourth-order valence-electron chi connectivity index (χ4n) is 1.51. The first-order valence-corrected chi connectivity index (χ1v) is 5.44. The molecule has 0 spiro atoms. The highest BCUT2D eigenvalue weighted by Gasteiger charge is 2.12. The molecule has 1 nitrogen and oxygen atoms in total. The number of halogens is 2. The zero-order valence-corrected chi connectivity index (χ0v) is 9.28. The third-order valence-electron chi connectivity index (χ3n) is 2.23. The molecule has 0 aliphatic heterocycles. The molecule has 82 valence electrons. The van der Waals surface area contributed by atoms with Crippen LogP contribution in [0.25, 0.3) is 10.4 Å². The fraction of sp³-hybridized carbons (Fsp3) is 0.0833. The summed E-state index contributed by atoms with van der Waals surface area (Å²) in [6.45, 7) is 1.79. The van der Waals surface area contributed by atoms with Gasteiger partial charge in [0, 0.05) is 16.5 Å². The van der Waals surface area contributed by atoms with E-state index in [4.69, 9.17) is 0 Å². The molecule has 0 atom stereocenters. The van der Waals surface area contributed by atoms with Crippen LogP contribution in [0.15, 0.2) is 24.3 Å². The van der Waals surface area contributed by atoms with Gasteiger partial charge in [0.05, 0.1) is 4.88 Å². The largest absolute Gasteiger partial charge is 0.297 e. The molecule has 1 aromatic heterocycles. The summed E-state index contributed by atoms with van der Waals surface area (Å²) < 4.78 is 26.3. The molecule has 0 amide bonds. The number of thiophene rings is 1. The van der Waals surface area contributed by atoms with Gasteiger partial charge in [0.2, 0.25) is 0 Å². The molecule has 0 N–H and O–H groups in total. The number of rotatable bonds is 2. The van der Waals surface area contributed by atoms with E-state index in [9.17, 15) is 13.6 Å². The molecule has 4 heteroatoms. The van der Waals surface area contributed by atoms with E-state index in [-0.39, 0.29) is 0 Å². The van der Waals surface area contributed by atoms with Crippen LogP contribution in [0.1, 0.15) is 15.2 Å². The van der Waals surface area contributed by atoms with E-state index >= 15 is 0 Å². The number of aldehydes is 1. The fourth-order valence-corrected chi connectivity index (χ4v) is 2.52. The predicted octanol–water partition coefficient (Wildman–Crippen LogP) is 3.81. The van der Waals surface area contributed by atoms with E-state index in [1.807, 2.05) is 0 Å². The van der Waals surface area contributed by atoms with E-state index < -0.39 is 11.6 Å². The average Bonchev–Trinajstić information content (AvgIpc) is 2.60. The third-order valence-corrected chi connectivity index (χ3v) is 3.42. The molecular formula is C12H8F2OS. The number of aryl methyl sites for hydroxylation is 1. The molecule has 16 heavy (non-hydrogen) atoms. The number of carbonyl (C=O) groups is 1. The van der Waals surface area contributed by atoms with Gasteiger partial charge in [0.1, 0.15) is 11.6 Å². The lowest BCUT2D eigenvalue weighted by molar-refractivity contribution is 0.112. The van der Waals surface area contributed by atoms with Crippen LogP contribution < -0.4 is 0 Å². The molecule has 0 saturated carbocycles. The van der Waals surface area contributed by atoms with Crippen LogP contribution in [0, 0.1) is 18.6 Å².